The molecule has 0 aromatic rings. The van der Waals surface area contributed by atoms with Gasteiger partial charge < -0.3 is 0 Å². The first-order valence-electron chi connectivity index (χ1n) is 4.46. The molecule has 0 aliphatic carbocycles. The largest absolute Gasteiger partial charge is 0.106 e. The molecule has 0 N–H and O–H groups in total. The van der Waals surface area contributed by atoms with E-state index in [-0.39, 0.29) is 0 Å². The minimum Gasteiger partial charge on any atom is -0.106 e. The van der Waals surface area contributed by atoms with Crippen LogP contribution in [0, 0.1) is 0 Å². The van der Waals surface area contributed by atoms with E-state index in [1.807, 2.05) is 20.8 Å². The Morgan fingerprint density at radius 2 is 0.467 bits per heavy atom. The van der Waals surface area contributed by atoms with Crippen LogP contribution < -0.4 is 0 Å². The molecule has 15 heavy (non-hydrogen) atoms. The van der Waals surface area contributed by atoms with E-state index in [4.69, 9.17) is 0 Å². The molecule has 0 aliphatic rings. The third kappa shape index (κ3) is 557. The van der Waals surface area contributed by atoms with Gasteiger partial charge in [-0.2, -0.15) is 0 Å². The highest BCUT2D eigenvalue weighted by molar-refractivity contribution is 4.52. The van der Waals surface area contributed by atoms with Crippen molar-refractivity contribution in [3.05, 3.63) is 77.4 Å². The highest BCUT2D eigenvalue weighted by Crippen LogP contribution is 1.38. The summed E-state index contributed by atoms with van der Waals surface area (Å²) < 4.78 is 0. The van der Waals surface area contributed by atoms with Crippen LogP contribution in [0.3, 0.4) is 0 Å². The lowest BCUT2D eigenvalue weighted by Gasteiger charge is -1.31. The molecule has 90 valence electrons. The van der Waals surface area contributed by atoms with Crippen LogP contribution in [0.15, 0.2) is 77.4 Å². The van der Waals surface area contributed by atoms with Gasteiger partial charge in [-0.05, 0) is 20.8 Å². The van der Waals surface area contributed by atoms with E-state index in [1.165, 1.54) is 0 Å². The van der Waals surface area contributed by atoms with Crippen LogP contribution in [0.2, 0.25) is 0 Å². The highest BCUT2D eigenvalue weighted by Gasteiger charge is 1.15. The molecule has 0 atom stereocenters. The number of allylic oxidation sites excluding steroid dienone is 3. The minimum atomic E-state index is 1.75. The zero-order valence-corrected chi connectivity index (χ0v) is 11.1. The lowest BCUT2D eigenvalue weighted by Crippen LogP contribution is -1.07. The summed E-state index contributed by atoms with van der Waals surface area (Å²) in [5.41, 5.74) is 0. The first-order valence-corrected chi connectivity index (χ1v) is 4.46. The normalized spacial score (nSPS) is 3.40. The van der Waals surface area contributed by atoms with Crippen molar-refractivity contribution in [1.29, 1.82) is 0 Å². The van der Waals surface area contributed by atoms with Gasteiger partial charge in [0.25, 0.3) is 0 Å². The van der Waals surface area contributed by atoms with E-state index >= 15 is 0 Å². The van der Waals surface area contributed by atoms with Crippen molar-refractivity contribution in [3.63, 3.8) is 0 Å². The standard InChI is InChI=1S/3C3H6.3C2H4/c3*1-3-2;3*1-2/h3*3H,1H2,2H3;3*1-2H2. The summed E-state index contributed by atoms with van der Waals surface area (Å²) in [6, 6.07) is 0. The molecular formula is C15H30. The second kappa shape index (κ2) is 785. The van der Waals surface area contributed by atoms with Crippen molar-refractivity contribution in [2.75, 3.05) is 0 Å². The Kier molecular flexibility index (Phi) is 1970. The fourth-order valence-electron chi connectivity index (χ4n) is 0. The van der Waals surface area contributed by atoms with E-state index in [0.717, 1.165) is 0 Å². The zero-order chi connectivity index (χ0) is 14.1. The molecule has 0 fully saturated rings. The molecule has 0 heterocycles. The fraction of sp³-hybridized carbons (Fsp3) is 0.200. The molecule has 0 saturated carbocycles. The van der Waals surface area contributed by atoms with E-state index in [0.29, 0.717) is 0 Å². The van der Waals surface area contributed by atoms with E-state index in [1.54, 1.807) is 18.2 Å². The SMILES string of the molecule is C=C.C=C.C=C.C=CC.C=CC.C=CC. The first kappa shape index (κ1) is 37.6. The van der Waals surface area contributed by atoms with Crippen LogP contribution in [-0.4, -0.2) is 0 Å². The van der Waals surface area contributed by atoms with Gasteiger partial charge in [0.15, 0.2) is 0 Å². The van der Waals surface area contributed by atoms with E-state index in [2.05, 4.69) is 59.2 Å². The molecule has 0 saturated heterocycles. The van der Waals surface area contributed by atoms with Crippen molar-refractivity contribution in [3.8, 4) is 0 Å². The molecule has 0 aliphatic heterocycles. The van der Waals surface area contributed by atoms with Crippen molar-refractivity contribution in [1.82, 2.24) is 0 Å². The summed E-state index contributed by atoms with van der Waals surface area (Å²) in [4.78, 5) is 0. The first-order chi connectivity index (χ1) is 7.24. The Hall–Kier alpha value is -1.56. The van der Waals surface area contributed by atoms with Crippen LogP contribution in [0.5, 0.6) is 0 Å². The maximum absolute atomic E-state index is 3.36. The second-order valence-corrected chi connectivity index (χ2v) is 1.22. The van der Waals surface area contributed by atoms with E-state index < -0.39 is 0 Å². The summed E-state index contributed by atoms with van der Waals surface area (Å²) >= 11 is 0. The number of hydrogen-bond donors (Lipinski definition) is 0. The molecule has 0 bridgehead atoms. The van der Waals surface area contributed by atoms with Crippen LogP contribution in [0.25, 0.3) is 0 Å². The van der Waals surface area contributed by atoms with Gasteiger partial charge in [-0.25, -0.2) is 0 Å². The molecule has 0 nitrogen and oxygen atoms in total. The molecule has 0 aromatic heterocycles. The van der Waals surface area contributed by atoms with Crippen molar-refractivity contribution >= 4 is 0 Å². The summed E-state index contributed by atoms with van der Waals surface area (Å²) in [6.07, 6.45) is 5.25. The van der Waals surface area contributed by atoms with Crippen molar-refractivity contribution in [2.45, 2.75) is 20.8 Å². The highest BCUT2D eigenvalue weighted by atomic mass is 13.2. The van der Waals surface area contributed by atoms with Gasteiger partial charge in [0.1, 0.15) is 0 Å². The average Bonchev–Trinajstić information content (AvgIpc) is 2.29. The van der Waals surface area contributed by atoms with E-state index in [9.17, 15) is 0 Å². The zero-order valence-electron chi connectivity index (χ0n) is 11.1. The summed E-state index contributed by atoms with van der Waals surface area (Å²) in [5.74, 6) is 0. The lowest BCUT2D eigenvalue weighted by atomic mass is 10.8. The molecule has 0 rings (SSSR count). The van der Waals surface area contributed by atoms with Gasteiger partial charge in [-0.3, -0.25) is 0 Å². The molecule has 0 unspecified atom stereocenters. The maximum Gasteiger partial charge on any atom is -0.0473 e. The van der Waals surface area contributed by atoms with Gasteiger partial charge in [0.2, 0.25) is 0 Å². The predicted molar refractivity (Wildman–Crippen MR) is 81.4 cm³/mol. The summed E-state index contributed by atoms with van der Waals surface area (Å²) in [7, 11) is 0. The van der Waals surface area contributed by atoms with Crippen molar-refractivity contribution < 1.29 is 0 Å². The number of hydrogen-bond acceptors (Lipinski definition) is 0. The topological polar surface area (TPSA) is 0 Å². The van der Waals surface area contributed by atoms with Crippen LogP contribution in [-0.2, 0) is 0 Å². The maximum atomic E-state index is 3.36. The smallest absolute Gasteiger partial charge is 0.0473 e. The van der Waals surface area contributed by atoms with Crippen LogP contribution >= 0.6 is 0 Å². The number of rotatable bonds is 0. The molecule has 0 amide bonds. The Bertz CT molecular complexity index is 61.0. The Balaban J connectivity index is -0.0000000164. The molecule has 0 spiro atoms. The van der Waals surface area contributed by atoms with Crippen LogP contribution in [0.4, 0.5) is 0 Å². The Morgan fingerprint density at radius 3 is 0.467 bits per heavy atom. The van der Waals surface area contributed by atoms with Gasteiger partial charge in [0.05, 0.1) is 0 Å². The fourth-order valence-corrected chi connectivity index (χ4v) is 0. The van der Waals surface area contributed by atoms with Gasteiger partial charge in [-0.15, -0.1) is 59.2 Å². The summed E-state index contributed by atoms with van der Waals surface area (Å²) in [6.45, 7) is 33.8. The predicted octanol–water partition coefficient (Wildman–Crippen LogP) is 5.98. The average molecular weight is 210 g/mol. The van der Waals surface area contributed by atoms with Crippen LogP contribution in [0.1, 0.15) is 20.8 Å². The molecule has 0 aromatic carbocycles. The molecule has 0 heteroatoms. The van der Waals surface area contributed by atoms with Gasteiger partial charge in [0, 0.05) is 0 Å². The Morgan fingerprint density at radius 1 is 0.467 bits per heavy atom. The Labute approximate surface area is 98.7 Å². The van der Waals surface area contributed by atoms with Crippen molar-refractivity contribution in [2.24, 2.45) is 0 Å². The third-order valence-electron chi connectivity index (χ3n) is 0. The minimum absolute atomic E-state index is 1.75. The van der Waals surface area contributed by atoms with Gasteiger partial charge >= 0.3 is 0 Å². The molecule has 0 radical (unpaired) electrons. The molecular weight excluding hydrogens is 180 g/mol. The lowest BCUT2D eigenvalue weighted by molar-refractivity contribution is 1.80. The quantitative estimate of drug-likeness (QED) is 0.431. The monoisotopic (exact) mass is 210 g/mol. The second-order valence-electron chi connectivity index (χ2n) is 1.22. The summed E-state index contributed by atoms with van der Waals surface area (Å²) in [5, 5.41) is 0. The van der Waals surface area contributed by atoms with Gasteiger partial charge in [-0.1, -0.05) is 18.2 Å². The third-order valence-corrected chi connectivity index (χ3v) is 0.